The molecule has 1 aliphatic rings. The van der Waals surface area contributed by atoms with E-state index < -0.39 is 10.0 Å². The van der Waals surface area contributed by atoms with E-state index in [4.69, 9.17) is 9.88 Å². The van der Waals surface area contributed by atoms with Gasteiger partial charge in [-0.05, 0) is 30.3 Å². The normalized spacial score (nSPS) is 14.8. The van der Waals surface area contributed by atoms with Gasteiger partial charge in [0.25, 0.3) is 0 Å². The second-order valence-corrected chi connectivity index (χ2v) is 7.54. The highest BCUT2D eigenvalue weighted by molar-refractivity contribution is 7.89. The molecule has 0 saturated carbocycles. The van der Waals surface area contributed by atoms with E-state index in [2.05, 4.69) is 20.6 Å². The number of hydrogen-bond donors (Lipinski definition) is 3. The minimum atomic E-state index is -3.72. The van der Waals surface area contributed by atoms with Gasteiger partial charge in [0.15, 0.2) is 0 Å². The zero-order chi connectivity index (χ0) is 18.1. The van der Waals surface area contributed by atoms with Crippen molar-refractivity contribution in [2.45, 2.75) is 11.0 Å². The molecule has 0 unspecified atom stereocenters. The van der Waals surface area contributed by atoms with Gasteiger partial charge in [-0.1, -0.05) is 12.1 Å². The van der Waals surface area contributed by atoms with Crippen LogP contribution in [0, 0.1) is 0 Å². The summed E-state index contributed by atoms with van der Waals surface area (Å²) >= 11 is 0. The van der Waals surface area contributed by atoms with Gasteiger partial charge in [-0.2, -0.15) is 0 Å². The molecular weight excluding hydrogens is 354 g/mol. The van der Waals surface area contributed by atoms with Crippen LogP contribution in [0.5, 0.6) is 5.75 Å². The first-order valence-electron chi connectivity index (χ1n) is 8.02. The van der Waals surface area contributed by atoms with E-state index in [1.165, 1.54) is 12.1 Å². The Morgan fingerprint density at radius 2 is 1.92 bits per heavy atom. The fourth-order valence-electron chi connectivity index (χ4n) is 2.57. The second kappa shape index (κ2) is 6.52. The number of fused-ring (bicyclic) bond motifs is 1. The lowest BCUT2D eigenvalue weighted by Gasteiger charge is -2.28. The van der Waals surface area contributed by atoms with Gasteiger partial charge in [-0.15, -0.1) is 0 Å². The number of nitrogens with one attached hydrogen (secondary N) is 2. The average Bonchev–Trinajstić information content (AvgIpc) is 2.58. The van der Waals surface area contributed by atoms with Crippen LogP contribution in [0.1, 0.15) is 0 Å². The summed E-state index contributed by atoms with van der Waals surface area (Å²) in [5, 5.41) is 12.2. The van der Waals surface area contributed by atoms with E-state index in [-0.39, 0.29) is 11.0 Å². The van der Waals surface area contributed by atoms with Crippen LogP contribution in [0.25, 0.3) is 10.9 Å². The van der Waals surface area contributed by atoms with E-state index in [9.17, 15) is 8.42 Å². The van der Waals surface area contributed by atoms with Crippen LogP contribution in [0.2, 0.25) is 0 Å². The summed E-state index contributed by atoms with van der Waals surface area (Å²) in [7, 11) is -3.72. The first-order valence-corrected chi connectivity index (χ1v) is 9.57. The van der Waals surface area contributed by atoms with Gasteiger partial charge in [0.2, 0.25) is 16.0 Å². The lowest BCUT2D eigenvalue weighted by Crippen LogP contribution is -2.50. The molecule has 8 nitrogen and oxygen atoms in total. The van der Waals surface area contributed by atoms with Crippen molar-refractivity contribution in [2.24, 2.45) is 5.14 Å². The minimum absolute atomic E-state index is 0.0484. The molecule has 9 heteroatoms. The lowest BCUT2D eigenvalue weighted by molar-refractivity contribution is 0.144. The number of hydrogen-bond acceptors (Lipinski definition) is 7. The maximum absolute atomic E-state index is 11.3. The zero-order valence-corrected chi connectivity index (χ0v) is 14.5. The molecule has 4 N–H and O–H groups in total. The van der Waals surface area contributed by atoms with E-state index in [0.29, 0.717) is 17.4 Å². The maximum atomic E-state index is 11.3. The van der Waals surface area contributed by atoms with Crippen molar-refractivity contribution in [1.82, 2.24) is 15.3 Å². The Bertz CT molecular complexity index is 1050. The highest BCUT2D eigenvalue weighted by Gasteiger charge is 2.19. The summed E-state index contributed by atoms with van der Waals surface area (Å²) in [4.78, 5) is 8.89. The van der Waals surface area contributed by atoms with Crippen molar-refractivity contribution < 1.29 is 13.2 Å². The Hall–Kier alpha value is -2.75. The molecule has 3 aromatic rings. The molecule has 0 aliphatic carbocycles. The first-order chi connectivity index (χ1) is 12.5. The number of ether oxygens (including phenoxy) is 1. The monoisotopic (exact) mass is 371 g/mol. The molecule has 4 rings (SSSR count). The molecule has 0 spiro atoms. The summed E-state index contributed by atoms with van der Waals surface area (Å²) in [6.07, 6.45) is 1.87. The van der Waals surface area contributed by atoms with Gasteiger partial charge in [0, 0.05) is 30.4 Å². The van der Waals surface area contributed by atoms with Crippen molar-refractivity contribution in [1.29, 1.82) is 0 Å². The first kappa shape index (κ1) is 16.7. The predicted molar refractivity (Wildman–Crippen MR) is 97.9 cm³/mol. The number of anilines is 2. The molecule has 0 bridgehead atoms. The van der Waals surface area contributed by atoms with E-state index in [0.717, 1.165) is 24.0 Å². The molecule has 2 aromatic carbocycles. The van der Waals surface area contributed by atoms with Crippen molar-refractivity contribution in [2.75, 3.05) is 18.4 Å². The SMILES string of the molecule is NS(=O)(=O)c1ccc(Nc2ncc3cccc(OC4CNC4)c3n2)cc1. The average molecular weight is 371 g/mol. The fourth-order valence-corrected chi connectivity index (χ4v) is 3.08. The summed E-state index contributed by atoms with van der Waals surface area (Å²) in [5.74, 6) is 1.10. The largest absolute Gasteiger partial charge is 0.485 e. The number of aromatic nitrogens is 2. The topological polar surface area (TPSA) is 119 Å². The van der Waals surface area contributed by atoms with Crippen LogP contribution < -0.4 is 20.5 Å². The smallest absolute Gasteiger partial charge is 0.238 e. The number of para-hydroxylation sites is 1. The highest BCUT2D eigenvalue weighted by atomic mass is 32.2. The maximum Gasteiger partial charge on any atom is 0.238 e. The Morgan fingerprint density at radius 3 is 2.58 bits per heavy atom. The predicted octanol–water partition coefficient (Wildman–Crippen LogP) is 1.37. The summed E-state index contributed by atoms with van der Waals surface area (Å²) in [6, 6.07) is 11.8. The molecule has 0 amide bonds. The molecule has 26 heavy (non-hydrogen) atoms. The third kappa shape index (κ3) is 3.45. The van der Waals surface area contributed by atoms with Gasteiger partial charge in [-0.25, -0.2) is 23.5 Å². The van der Waals surface area contributed by atoms with Crippen LogP contribution in [-0.4, -0.2) is 37.6 Å². The Kier molecular flexibility index (Phi) is 4.19. The van der Waals surface area contributed by atoms with Crippen LogP contribution in [0.3, 0.4) is 0 Å². The molecule has 1 aromatic heterocycles. The van der Waals surface area contributed by atoms with Crippen LogP contribution in [0.15, 0.2) is 53.6 Å². The number of benzene rings is 2. The molecule has 1 saturated heterocycles. The van der Waals surface area contributed by atoms with Crippen molar-refractivity contribution in [3.05, 3.63) is 48.7 Å². The van der Waals surface area contributed by atoms with Crippen molar-refractivity contribution >= 4 is 32.6 Å². The van der Waals surface area contributed by atoms with Crippen LogP contribution in [-0.2, 0) is 10.0 Å². The van der Waals surface area contributed by atoms with E-state index >= 15 is 0 Å². The van der Waals surface area contributed by atoms with Crippen molar-refractivity contribution in [3.63, 3.8) is 0 Å². The quantitative estimate of drug-likeness (QED) is 0.620. The standard InChI is InChI=1S/C17H17N5O3S/c18-26(23,24)14-6-4-12(5-7-14)21-17-20-8-11-2-1-3-15(16(11)22-17)25-13-9-19-10-13/h1-8,13,19H,9-10H2,(H2,18,23,24)(H,20,21,22). The van der Waals surface area contributed by atoms with Gasteiger partial charge in [0.05, 0.1) is 4.90 Å². The van der Waals surface area contributed by atoms with Gasteiger partial charge < -0.3 is 15.4 Å². The van der Waals surface area contributed by atoms with Gasteiger partial charge >= 0.3 is 0 Å². The number of primary sulfonamides is 1. The molecule has 134 valence electrons. The van der Waals surface area contributed by atoms with E-state index in [1.807, 2.05) is 18.2 Å². The summed E-state index contributed by atoms with van der Waals surface area (Å²) < 4.78 is 28.6. The summed E-state index contributed by atoms with van der Waals surface area (Å²) in [5.41, 5.74) is 1.37. The molecule has 2 heterocycles. The third-order valence-corrected chi connectivity index (χ3v) is 4.98. The van der Waals surface area contributed by atoms with Crippen LogP contribution >= 0.6 is 0 Å². The molecule has 0 atom stereocenters. The number of nitrogens with two attached hydrogens (primary N) is 1. The third-order valence-electron chi connectivity index (χ3n) is 4.05. The number of sulfonamides is 1. The Balaban J connectivity index is 1.61. The number of nitrogens with zero attached hydrogens (tertiary/aromatic N) is 2. The Labute approximate surface area is 150 Å². The second-order valence-electron chi connectivity index (χ2n) is 5.98. The highest BCUT2D eigenvalue weighted by Crippen LogP contribution is 2.26. The molecule has 1 fully saturated rings. The minimum Gasteiger partial charge on any atom is -0.485 e. The van der Waals surface area contributed by atoms with E-state index in [1.54, 1.807) is 18.3 Å². The van der Waals surface area contributed by atoms with Crippen molar-refractivity contribution in [3.8, 4) is 5.75 Å². The molecule has 1 aliphatic heterocycles. The van der Waals surface area contributed by atoms with Gasteiger partial charge in [0.1, 0.15) is 17.4 Å². The van der Waals surface area contributed by atoms with Crippen LogP contribution in [0.4, 0.5) is 11.6 Å². The lowest BCUT2D eigenvalue weighted by atomic mass is 10.2. The number of rotatable bonds is 5. The van der Waals surface area contributed by atoms with Gasteiger partial charge in [-0.3, -0.25) is 0 Å². The Morgan fingerprint density at radius 1 is 1.15 bits per heavy atom. The molecular formula is C17H17N5O3S. The fraction of sp³-hybridized carbons (Fsp3) is 0.176. The summed E-state index contributed by atoms with van der Waals surface area (Å²) in [6.45, 7) is 1.64. The zero-order valence-electron chi connectivity index (χ0n) is 13.7. The molecule has 0 radical (unpaired) electrons.